The Hall–Kier alpha value is -1.51. The molecule has 22 heavy (non-hydrogen) atoms. The summed E-state index contributed by atoms with van der Waals surface area (Å²) in [7, 11) is 1.65. The molecule has 0 radical (unpaired) electrons. The second kappa shape index (κ2) is 5.94. The Bertz CT molecular complexity index is 536. The van der Waals surface area contributed by atoms with Crippen molar-refractivity contribution < 1.29 is 14.3 Å². The van der Waals surface area contributed by atoms with Gasteiger partial charge in [-0.25, -0.2) is 0 Å². The van der Waals surface area contributed by atoms with Crippen LogP contribution in [0.1, 0.15) is 32.8 Å². The number of carbonyl (C=O) groups is 1. The van der Waals surface area contributed by atoms with E-state index in [0.29, 0.717) is 30.3 Å². The first-order valence-corrected chi connectivity index (χ1v) is 8.32. The number of benzene rings is 1. The quantitative estimate of drug-likeness (QED) is 0.791. The summed E-state index contributed by atoms with van der Waals surface area (Å²) < 4.78 is 10.8. The van der Waals surface area contributed by atoms with Crippen molar-refractivity contribution in [2.45, 2.75) is 33.8 Å². The van der Waals surface area contributed by atoms with E-state index in [0.717, 1.165) is 17.2 Å². The summed E-state index contributed by atoms with van der Waals surface area (Å²) >= 11 is 0. The molecule has 3 nitrogen and oxygen atoms in total. The molecule has 2 fully saturated rings. The molecule has 0 aliphatic heterocycles. The maximum atomic E-state index is 12.5. The minimum absolute atomic E-state index is 0.00503. The maximum absolute atomic E-state index is 12.5. The van der Waals surface area contributed by atoms with E-state index in [1.54, 1.807) is 7.11 Å². The smallest absolute Gasteiger partial charge is 0.309 e. The van der Waals surface area contributed by atoms with Crippen molar-refractivity contribution in [2.24, 2.45) is 35.5 Å². The van der Waals surface area contributed by atoms with Gasteiger partial charge in [0, 0.05) is 0 Å². The lowest BCUT2D eigenvalue weighted by Gasteiger charge is -2.35. The summed E-state index contributed by atoms with van der Waals surface area (Å²) in [6.07, 6.45) is 1.20. The van der Waals surface area contributed by atoms with Crippen LogP contribution >= 0.6 is 0 Å². The van der Waals surface area contributed by atoms with Crippen LogP contribution in [-0.4, -0.2) is 13.1 Å². The molecule has 2 aliphatic rings. The van der Waals surface area contributed by atoms with Crippen molar-refractivity contribution in [3.63, 3.8) is 0 Å². The number of carbonyl (C=O) groups excluding carboxylic acids is 1. The minimum Gasteiger partial charge on any atom is -0.497 e. The van der Waals surface area contributed by atoms with Crippen LogP contribution in [0.5, 0.6) is 5.75 Å². The van der Waals surface area contributed by atoms with Gasteiger partial charge in [0.2, 0.25) is 0 Å². The first-order chi connectivity index (χ1) is 10.5. The molecule has 120 valence electrons. The Morgan fingerprint density at radius 1 is 1.05 bits per heavy atom. The summed E-state index contributed by atoms with van der Waals surface area (Å²) in [4.78, 5) is 12.5. The van der Waals surface area contributed by atoms with Gasteiger partial charge in [-0.1, -0.05) is 32.9 Å². The SMILES string of the molecule is COc1ccc(COC(=O)C2C3CC([C@H]2C)[C@@H](C)[C@@H]3C)cc1. The molecule has 0 aromatic heterocycles. The molecule has 3 rings (SSSR count). The third-order valence-corrected chi connectivity index (χ3v) is 6.24. The van der Waals surface area contributed by atoms with Gasteiger partial charge < -0.3 is 9.47 Å². The second-order valence-corrected chi connectivity index (χ2v) is 7.12. The van der Waals surface area contributed by atoms with Crippen LogP contribution in [0.15, 0.2) is 24.3 Å². The van der Waals surface area contributed by atoms with Gasteiger partial charge in [0.25, 0.3) is 0 Å². The van der Waals surface area contributed by atoms with Crippen molar-refractivity contribution in [3.05, 3.63) is 29.8 Å². The van der Waals surface area contributed by atoms with Crippen LogP contribution < -0.4 is 4.74 Å². The van der Waals surface area contributed by atoms with Crippen LogP contribution in [-0.2, 0) is 16.1 Å². The summed E-state index contributed by atoms with van der Waals surface area (Å²) in [6, 6.07) is 7.68. The molecule has 2 bridgehead atoms. The van der Waals surface area contributed by atoms with E-state index < -0.39 is 0 Å². The summed E-state index contributed by atoms with van der Waals surface area (Å²) in [5.74, 6) is 3.95. The van der Waals surface area contributed by atoms with E-state index in [4.69, 9.17) is 9.47 Å². The lowest BCUT2D eigenvalue weighted by Crippen LogP contribution is -2.36. The zero-order valence-corrected chi connectivity index (χ0v) is 13.9. The van der Waals surface area contributed by atoms with Gasteiger partial charge in [-0.05, 0) is 53.7 Å². The summed E-state index contributed by atoms with van der Waals surface area (Å²) in [6.45, 7) is 7.22. The van der Waals surface area contributed by atoms with Gasteiger partial charge in [0.1, 0.15) is 12.4 Å². The van der Waals surface area contributed by atoms with Gasteiger partial charge >= 0.3 is 5.97 Å². The van der Waals surface area contributed by atoms with Gasteiger partial charge in [0.05, 0.1) is 13.0 Å². The van der Waals surface area contributed by atoms with Crippen LogP contribution in [0.2, 0.25) is 0 Å². The van der Waals surface area contributed by atoms with Gasteiger partial charge in [0.15, 0.2) is 0 Å². The fraction of sp³-hybridized carbons (Fsp3) is 0.632. The van der Waals surface area contributed by atoms with Gasteiger partial charge in [-0.15, -0.1) is 0 Å². The zero-order valence-electron chi connectivity index (χ0n) is 13.9. The molecule has 0 amide bonds. The monoisotopic (exact) mass is 302 g/mol. The Labute approximate surface area is 133 Å². The van der Waals surface area contributed by atoms with E-state index in [2.05, 4.69) is 20.8 Å². The van der Waals surface area contributed by atoms with Crippen molar-refractivity contribution in [1.82, 2.24) is 0 Å². The predicted molar refractivity (Wildman–Crippen MR) is 85.4 cm³/mol. The molecule has 1 aromatic rings. The molecule has 2 aliphatic carbocycles. The average Bonchev–Trinajstić information content (AvgIpc) is 3.02. The van der Waals surface area contributed by atoms with Crippen LogP contribution in [0.4, 0.5) is 0 Å². The van der Waals surface area contributed by atoms with Crippen molar-refractivity contribution >= 4 is 5.97 Å². The number of methoxy groups -OCH3 is 1. The third-order valence-electron chi connectivity index (χ3n) is 6.24. The highest BCUT2D eigenvalue weighted by Gasteiger charge is 2.56. The van der Waals surface area contributed by atoms with Crippen molar-refractivity contribution in [1.29, 1.82) is 0 Å². The summed E-state index contributed by atoms with van der Waals surface area (Å²) in [5, 5.41) is 0. The molecular formula is C19H26O3. The standard InChI is InChI=1S/C19H26O3/c1-11-12(2)17-9-16(11)13(3)18(17)19(20)22-10-14-5-7-15(21-4)8-6-14/h5-8,11-13,16-18H,9-10H2,1-4H3/t11-,12-,13+,16?,17?,18?/m0/s1. The Morgan fingerprint density at radius 3 is 2.27 bits per heavy atom. The fourth-order valence-electron chi connectivity index (χ4n) is 4.71. The lowest BCUT2D eigenvalue weighted by atomic mass is 9.70. The van der Waals surface area contributed by atoms with Crippen LogP contribution in [0.25, 0.3) is 0 Å². The number of esters is 1. The van der Waals surface area contributed by atoms with Gasteiger partial charge in [-0.2, -0.15) is 0 Å². The maximum Gasteiger partial charge on any atom is 0.309 e. The number of fused-ring (bicyclic) bond motifs is 2. The van der Waals surface area contributed by atoms with Crippen molar-refractivity contribution in [2.75, 3.05) is 7.11 Å². The van der Waals surface area contributed by atoms with E-state index >= 15 is 0 Å². The van der Waals surface area contributed by atoms with E-state index in [9.17, 15) is 4.79 Å². The number of hydrogen-bond donors (Lipinski definition) is 0. The first kappa shape index (κ1) is 15.4. The van der Waals surface area contributed by atoms with Gasteiger partial charge in [-0.3, -0.25) is 4.79 Å². The third kappa shape index (κ3) is 2.51. The topological polar surface area (TPSA) is 35.5 Å². The van der Waals surface area contributed by atoms with Crippen LogP contribution in [0.3, 0.4) is 0 Å². The highest BCUT2D eigenvalue weighted by atomic mass is 16.5. The number of ether oxygens (including phenoxy) is 2. The van der Waals surface area contributed by atoms with E-state index in [1.807, 2.05) is 24.3 Å². The summed E-state index contributed by atoms with van der Waals surface area (Å²) in [5.41, 5.74) is 1.01. The normalized spacial score (nSPS) is 36.4. The molecule has 3 heteroatoms. The Kier molecular flexibility index (Phi) is 4.16. The van der Waals surface area contributed by atoms with Crippen LogP contribution in [0, 0.1) is 35.5 Å². The molecule has 0 spiro atoms. The first-order valence-electron chi connectivity index (χ1n) is 8.32. The second-order valence-electron chi connectivity index (χ2n) is 7.12. The molecule has 3 unspecified atom stereocenters. The number of hydrogen-bond acceptors (Lipinski definition) is 3. The molecule has 0 heterocycles. The minimum atomic E-state index is -0.00503. The van der Waals surface area contributed by atoms with E-state index in [-0.39, 0.29) is 11.9 Å². The van der Waals surface area contributed by atoms with E-state index in [1.165, 1.54) is 6.42 Å². The van der Waals surface area contributed by atoms with Crippen molar-refractivity contribution in [3.8, 4) is 5.75 Å². The largest absolute Gasteiger partial charge is 0.497 e. The molecule has 0 saturated heterocycles. The highest BCUT2D eigenvalue weighted by Crippen LogP contribution is 2.58. The Morgan fingerprint density at radius 2 is 1.68 bits per heavy atom. The molecule has 1 aromatic carbocycles. The Balaban J connectivity index is 1.60. The average molecular weight is 302 g/mol. The zero-order chi connectivity index (χ0) is 15.9. The molecular weight excluding hydrogens is 276 g/mol. The highest BCUT2D eigenvalue weighted by molar-refractivity contribution is 5.74. The fourth-order valence-corrected chi connectivity index (χ4v) is 4.71. The molecule has 6 atom stereocenters. The molecule has 0 N–H and O–H groups in total. The number of rotatable bonds is 4. The molecule has 2 saturated carbocycles. The lowest BCUT2D eigenvalue weighted by molar-refractivity contribution is -0.155. The predicted octanol–water partition coefficient (Wildman–Crippen LogP) is 3.91.